The van der Waals surface area contributed by atoms with Gasteiger partial charge in [0.15, 0.2) is 0 Å². The number of nitrogens with one attached hydrogen (secondary N) is 2. The zero-order valence-corrected chi connectivity index (χ0v) is 15.3. The van der Waals surface area contributed by atoms with Gasteiger partial charge in [-0.3, -0.25) is 9.59 Å². The molecule has 2 N–H and O–H groups in total. The summed E-state index contributed by atoms with van der Waals surface area (Å²) in [5.74, 6) is 0.0782. The van der Waals surface area contributed by atoms with E-state index in [2.05, 4.69) is 16.7 Å². The highest BCUT2D eigenvalue weighted by Gasteiger charge is 2.30. The maximum atomic E-state index is 12.8. The molecule has 25 heavy (non-hydrogen) atoms. The number of aryl methyl sites for hydroxylation is 2. The predicted octanol–water partition coefficient (Wildman–Crippen LogP) is 2.02. The smallest absolute Gasteiger partial charge is 0.253 e. The molecule has 0 aromatic heterocycles. The van der Waals surface area contributed by atoms with Gasteiger partial charge < -0.3 is 15.5 Å². The summed E-state index contributed by atoms with van der Waals surface area (Å²) in [6, 6.07) is 6.23. The Morgan fingerprint density at radius 1 is 1.08 bits per heavy atom. The number of carbonyl (C=O) groups is 2. The SMILES string of the molecule is Cc1cc(C)cc(C(=O)N2CCCC(C(=O)NC3CCNCC3)C2)c1. The molecule has 2 heterocycles. The zero-order valence-electron chi connectivity index (χ0n) is 15.3. The summed E-state index contributed by atoms with van der Waals surface area (Å²) in [5.41, 5.74) is 2.93. The van der Waals surface area contributed by atoms with E-state index >= 15 is 0 Å². The van der Waals surface area contributed by atoms with E-state index in [0.717, 1.165) is 62.0 Å². The lowest BCUT2D eigenvalue weighted by Gasteiger charge is -2.33. The third kappa shape index (κ3) is 4.60. The van der Waals surface area contributed by atoms with Crippen LogP contribution in [0.1, 0.15) is 47.2 Å². The Bertz CT molecular complexity index is 618. The van der Waals surface area contributed by atoms with Crippen LogP contribution in [0.2, 0.25) is 0 Å². The molecule has 1 aromatic carbocycles. The molecule has 0 radical (unpaired) electrons. The van der Waals surface area contributed by atoms with Crippen LogP contribution in [0.3, 0.4) is 0 Å². The lowest BCUT2D eigenvalue weighted by molar-refractivity contribution is -0.127. The summed E-state index contributed by atoms with van der Waals surface area (Å²) in [4.78, 5) is 27.3. The van der Waals surface area contributed by atoms with E-state index < -0.39 is 0 Å². The van der Waals surface area contributed by atoms with Crippen molar-refractivity contribution in [2.24, 2.45) is 5.92 Å². The maximum Gasteiger partial charge on any atom is 0.253 e. The fraction of sp³-hybridized carbons (Fsp3) is 0.600. The summed E-state index contributed by atoms with van der Waals surface area (Å²) < 4.78 is 0. The van der Waals surface area contributed by atoms with Crippen LogP contribution in [0.5, 0.6) is 0 Å². The first-order valence-electron chi connectivity index (χ1n) is 9.41. The highest BCUT2D eigenvalue weighted by molar-refractivity contribution is 5.95. The Morgan fingerprint density at radius 3 is 2.44 bits per heavy atom. The van der Waals surface area contributed by atoms with Gasteiger partial charge in [-0.2, -0.15) is 0 Å². The first-order valence-corrected chi connectivity index (χ1v) is 9.41. The molecule has 5 heteroatoms. The molecule has 0 aliphatic carbocycles. The predicted molar refractivity (Wildman–Crippen MR) is 98.6 cm³/mol. The summed E-state index contributed by atoms with van der Waals surface area (Å²) in [5, 5.41) is 6.50. The molecule has 0 bridgehead atoms. The van der Waals surface area contributed by atoms with Gasteiger partial charge in [0.2, 0.25) is 5.91 Å². The monoisotopic (exact) mass is 343 g/mol. The topological polar surface area (TPSA) is 61.4 Å². The Hall–Kier alpha value is -1.88. The van der Waals surface area contributed by atoms with Crippen molar-refractivity contribution in [2.75, 3.05) is 26.2 Å². The van der Waals surface area contributed by atoms with Crippen molar-refractivity contribution in [2.45, 2.75) is 45.6 Å². The molecular formula is C20H29N3O2. The Balaban J connectivity index is 1.61. The van der Waals surface area contributed by atoms with Crippen LogP contribution >= 0.6 is 0 Å². The highest BCUT2D eigenvalue weighted by atomic mass is 16.2. The fourth-order valence-electron chi connectivity index (χ4n) is 3.94. The molecule has 2 fully saturated rings. The highest BCUT2D eigenvalue weighted by Crippen LogP contribution is 2.20. The summed E-state index contributed by atoms with van der Waals surface area (Å²) in [6.07, 6.45) is 3.74. The minimum Gasteiger partial charge on any atom is -0.353 e. The second-order valence-electron chi connectivity index (χ2n) is 7.50. The average Bonchev–Trinajstić information content (AvgIpc) is 2.61. The fourth-order valence-corrected chi connectivity index (χ4v) is 3.94. The van der Waals surface area contributed by atoms with Gasteiger partial charge in [0.25, 0.3) is 5.91 Å². The van der Waals surface area contributed by atoms with E-state index in [1.165, 1.54) is 0 Å². The first-order chi connectivity index (χ1) is 12.0. The van der Waals surface area contributed by atoms with Gasteiger partial charge in [-0.05, 0) is 64.8 Å². The molecule has 2 amide bonds. The average molecular weight is 343 g/mol. The quantitative estimate of drug-likeness (QED) is 0.883. The lowest BCUT2D eigenvalue weighted by atomic mass is 9.95. The van der Waals surface area contributed by atoms with Crippen molar-refractivity contribution in [1.82, 2.24) is 15.5 Å². The molecule has 3 rings (SSSR count). The lowest BCUT2D eigenvalue weighted by Crippen LogP contribution is -2.49. The van der Waals surface area contributed by atoms with Crippen molar-refractivity contribution in [3.8, 4) is 0 Å². The standard InChI is InChI=1S/C20H29N3O2/c1-14-10-15(2)12-17(11-14)20(25)23-9-3-4-16(13-23)19(24)22-18-5-7-21-8-6-18/h10-12,16,18,21H,3-9,13H2,1-2H3,(H,22,24). The van der Waals surface area contributed by atoms with Crippen LogP contribution in [0, 0.1) is 19.8 Å². The van der Waals surface area contributed by atoms with E-state index in [1.807, 2.05) is 30.9 Å². The molecule has 0 saturated carbocycles. The Morgan fingerprint density at radius 2 is 1.76 bits per heavy atom. The van der Waals surface area contributed by atoms with Crippen molar-refractivity contribution >= 4 is 11.8 Å². The van der Waals surface area contributed by atoms with Crippen LogP contribution < -0.4 is 10.6 Å². The van der Waals surface area contributed by atoms with Gasteiger partial charge in [0.1, 0.15) is 0 Å². The van der Waals surface area contributed by atoms with Crippen molar-refractivity contribution < 1.29 is 9.59 Å². The maximum absolute atomic E-state index is 12.8. The molecule has 1 unspecified atom stereocenters. The molecule has 5 nitrogen and oxygen atoms in total. The molecule has 1 atom stereocenters. The number of piperidine rings is 2. The van der Waals surface area contributed by atoms with Gasteiger partial charge in [-0.25, -0.2) is 0 Å². The number of hydrogen-bond donors (Lipinski definition) is 2. The second kappa shape index (κ2) is 8.00. The van der Waals surface area contributed by atoms with Crippen molar-refractivity contribution in [1.29, 1.82) is 0 Å². The van der Waals surface area contributed by atoms with Gasteiger partial charge in [0, 0.05) is 24.7 Å². The van der Waals surface area contributed by atoms with Gasteiger partial charge in [-0.1, -0.05) is 17.2 Å². The summed E-state index contributed by atoms with van der Waals surface area (Å²) in [6.45, 7) is 7.22. The van der Waals surface area contributed by atoms with E-state index in [4.69, 9.17) is 0 Å². The van der Waals surface area contributed by atoms with Crippen LogP contribution in [-0.4, -0.2) is 48.9 Å². The Kier molecular flexibility index (Phi) is 5.74. The molecule has 1 aromatic rings. The van der Waals surface area contributed by atoms with Gasteiger partial charge in [0.05, 0.1) is 5.92 Å². The van der Waals surface area contributed by atoms with Crippen molar-refractivity contribution in [3.63, 3.8) is 0 Å². The normalized spacial score (nSPS) is 21.8. The summed E-state index contributed by atoms with van der Waals surface area (Å²) in [7, 11) is 0. The number of benzene rings is 1. The molecule has 136 valence electrons. The van der Waals surface area contributed by atoms with E-state index in [0.29, 0.717) is 6.54 Å². The molecule has 2 aliphatic rings. The number of amides is 2. The van der Waals surface area contributed by atoms with E-state index in [9.17, 15) is 9.59 Å². The van der Waals surface area contributed by atoms with Crippen LogP contribution in [0.15, 0.2) is 18.2 Å². The zero-order chi connectivity index (χ0) is 17.8. The number of likely N-dealkylation sites (tertiary alicyclic amines) is 1. The third-order valence-electron chi connectivity index (χ3n) is 5.23. The van der Waals surface area contributed by atoms with Gasteiger partial charge >= 0.3 is 0 Å². The Labute approximate surface area is 150 Å². The second-order valence-corrected chi connectivity index (χ2v) is 7.50. The molecule has 2 aliphatic heterocycles. The minimum atomic E-state index is -0.0847. The third-order valence-corrected chi connectivity index (χ3v) is 5.23. The number of nitrogens with zero attached hydrogens (tertiary/aromatic N) is 1. The molecule has 0 spiro atoms. The molecular weight excluding hydrogens is 314 g/mol. The molecule has 2 saturated heterocycles. The van der Waals surface area contributed by atoms with Crippen LogP contribution in [-0.2, 0) is 4.79 Å². The number of hydrogen-bond acceptors (Lipinski definition) is 3. The van der Waals surface area contributed by atoms with Crippen LogP contribution in [0.4, 0.5) is 0 Å². The van der Waals surface area contributed by atoms with E-state index in [1.54, 1.807) is 0 Å². The van der Waals surface area contributed by atoms with E-state index in [-0.39, 0.29) is 23.8 Å². The van der Waals surface area contributed by atoms with Gasteiger partial charge in [-0.15, -0.1) is 0 Å². The first kappa shape index (κ1) is 17.9. The largest absolute Gasteiger partial charge is 0.353 e. The van der Waals surface area contributed by atoms with Crippen LogP contribution in [0.25, 0.3) is 0 Å². The summed E-state index contributed by atoms with van der Waals surface area (Å²) >= 11 is 0. The van der Waals surface area contributed by atoms with Crippen molar-refractivity contribution in [3.05, 3.63) is 34.9 Å². The minimum absolute atomic E-state index is 0.0474. The number of rotatable bonds is 3. The number of carbonyl (C=O) groups excluding carboxylic acids is 2.